The first-order chi connectivity index (χ1) is 22.9. The highest BCUT2D eigenvalue weighted by molar-refractivity contribution is 5.94. The van der Waals surface area contributed by atoms with Crippen LogP contribution in [0.15, 0.2) is 85.2 Å². The molecule has 1 aromatic heterocycles. The van der Waals surface area contributed by atoms with Crippen LogP contribution in [0, 0.1) is 0 Å². The van der Waals surface area contributed by atoms with Gasteiger partial charge in [0.05, 0.1) is 6.61 Å². The third-order valence-electron chi connectivity index (χ3n) is 8.65. The number of amides is 1. The molecule has 1 aliphatic carbocycles. The predicted octanol–water partition coefficient (Wildman–Crippen LogP) is 7.44. The second-order valence-electron chi connectivity index (χ2n) is 12.5. The fourth-order valence-corrected chi connectivity index (χ4v) is 5.51. The Morgan fingerprint density at radius 1 is 0.851 bits per heavy atom. The van der Waals surface area contributed by atoms with Gasteiger partial charge in [-0.2, -0.15) is 0 Å². The van der Waals surface area contributed by atoms with Gasteiger partial charge in [0.25, 0.3) is 5.91 Å². The SMILES string of the molecule is CCCCCCCOc1ccc(-c2cnc(-c3ccc(C[C@@H](CN[C@H](C)C(=O)O)NC(=O)c4ccc(C5CC5)cc4)cc3)nc2)cc1. The molecule has 2 atom stereocenters. The molecule has 0 unspecified atom stereocenters. The molecule has 0 spiro atoms. The summed E-state index contributed by atoms with van der Waals surface area (Å²) in [4.78, 5) is 33.7. The van der Waals surface area contributed by atoms with Crippen molar-refractivity contribution < 1.29 is 19.4 Å². The number of nitrogens with one attached hydrogen (secondary N) is 2. The van der Waals surface area contributed by atoms with Crippen molar-refractivity contribution in [1.29, 1.82) is 0 Å². The number of carbonyl (C=O) groups excluding carboxylic acids is 1. The summed E-state index contributed by atoms with van der Waals surface area (Å²) in [7, 11) is 0. The van der Waals surface area contributed by atoms with Crippen molar-refractivity contribution in [3.05, 3.63) is 102 Å². The maximum atomic E-state index is 13.1. The number of nitrogens with zero attached hydrogens (tertiary/aromatic N) is 2. The Labute approximate surface area is 278 Å². The van der Waals surface area contributed by atoms with Crippen LogP contribution < -0.4 is 15.4 Å². The van der Waals surface area contributed by atoms with Gasteiger partial charge >= 0.3 is 5.97 Å². The average molecular weight is 635 g/mol. The van der Waals surface area contributed by atoms with E-state index in [-0.39, 0.29) is 11.9 Å². The van der Waals surface area contributed by atoms with Crippen LogP contribution in [0.5, 0.6) is 5.75 Å². The van der Waals surface area contributed by atoms with Crippen LogP contribution in [0.3, 0.4) is 0 Å². The van der Waals surface area contributed by atoms with Gasteiger partial charge in [0, 0.05) is 41.7 Å². The van der Waals surface area contributed by atoms with Crippen LogP contribution in [0.25, 0.3) is 22.5 Å². The van der Waals surface area contributed by atoms with Gasteiger partial charge in [0.15, 0.2) is 5.82 Å². The number of aromatic nitrogens is 2. The average Bonchev–Trinajstić information content (AvgIpc) is 3.95. The molecule has 1 heterocycles. The Balaban J connectivity index is 1.17. The summed E-state index contributed by atoms with van der Waals surface area (Å²) in [6.07, 6.45) is 12.7. The summed E-state index contributed by atoms with van der Waals surface area (Å²) in [5.74, 6) is 1.01. The van der Waals surface area contributed by atoms with Crippen LogP contribution >= 0.6 is 0 Å². The van der Waals surface area contributed by atoms with Crippen LogP contribution in [0.4, 0.5) is 0 Å². The van der Waals surface area contributed by atoms with E-state index >= 15 is 0 Å². The van der Waals surface area contributed by atoms with E-state index in [1.165, 1.54) is 44.1 Å². The van der Waals surface area contributed by atoms with Crippen LogP contribution in [-0.2, 0) is 11.2 Å². The molecule has 47 heavy (non-hydrogen) atoms. The molecule has 1 aliphatic rings. The van der Waals surface area contributed by atoms with E-state index < -0.39 is 12.0 Å². The van der Waals surface area contributed by atoms with E-state index in [9.17, 15) is 14.7 Å². The largest absolute Gasteiger partial charge is 0.494 e. The fourth-order valence-electron chi connectivity index (χ4n) is 5.51. The molecule has 3 N–H and O–H groups in total. The lowest BCUT2D eigenvalue weighted by Gasteiger charge is -2.21. The number of unbranched alkanes of at least 4 members (excludes halogenated alkanes) is 4. The molecular formula is C39H46N4O4. The molecular weight excluding hydrogens is 588 g/mol. The molecule has 1 fully saturated rings. The van der Waals surface area contributed by atoms with Crippen molar-refractivity contribution in [1.82, 2.24) is 20.6 Å². The number of aliphatic carboxylic acids is 1. The van der Waals surface area contributed by atoms with Crippen molar-refractivity contribution in [3.63, 3.8) is 0 Å². The lowest BCUT2D eigenvalue weighted by Crippen LogP contribution is -2.47. The second kappa shape index (κ2) is 16.8. The molecule has 246 valence electrons. The summed E-state index contributed by atoms with van der Waals surface area (Å²) < 4.78 is 5.89. The zero-order valence-electron chi connectivity index (χ0n) is 27.5. The first-order valence-corrected chi connectivity index (χ1v) is 16.9. The number of carboxylic acids is 1. The van der Waals surface area contributed by atoms with Gasteiger partial charge in [-0.25, -0.2) is 9.97 Å². The summed E-state index contributed by atoms with van der Waals surface area (Å²) in [5.41, 5.74) is 5.72. The molecule has 5 rings (SSSR count). The zero-order valence-corrected chi connectivity index (χ0v) is 27.5. The topological polar surface area (TPSA) is 113 Å². The van der Waals surface area contributed by atoms with E-state index in [0.29, 0.717) is 30.3 Å². The molecule has 1 saturated carbocycles. The molecule has 8 nitrogen and oxygen atoms in total. The number of hydrogen-bond acceptors (Lipinski definition) is 6. The van der Waals surface area contributed by atoms with Crippen molar-refractivity contribution in [3.8, 4) is 28.3 Å². The lowest BCUT2D eigenvalue weighted by molar-refractivity contribution is -0.139. The molecule has 0 bridgehead atoms. The van der Waals surface area contributed by atoms with Gasteiger partial charge in [0.2, 0.25) is 0 Å². The van der Waals surface area contributed by atoms with Gasteiger partial charge in [-0.3, -0.25) is 9.59 Å². The molecule has 1 amide bonds. The molecule has 3 aromatic carbocycles. The van der Waals surface area contributed by atoms with Crippen molar-refractivity contribution in [2.75, 3.05) is 13.2 Å². The molecule has 0 radical (unpaired) electrons. The third-order valence-corrected chi connectivity index (χ3v) is 8.65. The Bertz CT molecular complexity index is 1570. The van der Waals surface area contributed by atoms with E-state index in [2.05, 4.69) is 27.5 Å². The summed E-state index contributed by atoms with van der Waals surface area (Å²) in [5, 5.41) is 15.5. The minimum Gasteiger partial charge on any atom is -0.494 e. The Morgan fingerprint density at radius 3 is 2.15 bits per heavy atom. The van der Waals surface area contributed by atoms with Crippen LogP contribution in [0.1, 0.15) is 86.2 Å². The summed E-state index contributed by atoms with van der Waals surface area (Å²) >= 11 is 0. The van der Waals surface area contributed by atoms with Gasteiger partial charge in [-0.15, -0.1) is 0 Å². The number of hydrogen-bond donors (Lipinski definition) is 3. The number of rotatable bonds is 18. The van der Waals surface area contributed by atoms with Crippen LogP contribution in [-0.4, -0.2) is 52.2 Å². The normalized spacial score (nSPS) is 13.9. The highest BCUT2D eigenvalue weighted by Crippen LogP contribution is 2.39. The van der Waals surface area contributed by atoms with Gasteiger partial charge in [-0.05, 0) is 79.5 Å². The monoisotopic (exact) mass is 634 g/mol. The van der Waals surface area contributed by atoms with Crippen molar-refractivity contribution >= 4 is 11.9 Å². The van der Waals surface area contributed by atoms with E-state index in [1.807, 2.05) is 85.2 Å². The first kappa shape index (κ1) is 33.8. The third kappa shape index (κ3) is 10.2. The summed E-state index contributed by atoms with van der Waals surface area (Å²) in [6.45, 7) is 4.88. The van der Waals surface area contributed by atoms with Crippen LogP contribution in [0.2, 0.25) is 0 Å². The number of ether oxygens (including phenoxy) is 1. The highest BCUT2D eigenvalue weighted by Gasteiger charge is 2.24. The maximum absolute atomic E-state index is 13.1. The molecule has 0 aliphatic heterocycles. The van der Waals surface area contributed by atoms with Gasteiger partial charge < -0.3 is 20.5 Å². The van der Waals surface area contributed by atoms with E-state index in [1.54, 1.807) is 6.92 Å². The predicted molar refractivity (Wildman–Crippen MR) is 186 cm³/mol. The molecule has 0 saturated heterocycles. The maximum Gasteiger partial charge on any atom is 0.320 e. The zero-order chi connectivity index (χ0) is 33.0. The molecule has 8 heteroatoms. The van der Waals surface area contributed by atoms with Gasteiger partial charge in [-0.1, -0.05) is 81.1 Å². The quantitative estimate of drug-likeness (QED) is 0.0975. The Kier molecular flexibility index (Phi) is 12.1. The number of benzene rings is 3. The smallest absolute Gasteiger partial charge is 0.320 e. The minimum atomic E-state index is -0.935. The minimum absolute atomic E-state index is 0.174. The lowest BCUT2D eigenvalue weighted by atomic mass is 10.0. The van der Waals surface area contributed by atoms with E-state index in [0.717, 1.165) is 41.0 Å². The summed E-state index contributed by atoms with van der Waals surface area (Å²) in [6, 6.07) is 22.8. The van der Waals surface area contributed by atoms with Crippen molar-refractivity contribution in [2.24, 2.45) is 0 Å². The first-order valence-electron chi connectivity index (χ1n) is 16.9. The van der Waals surface area contributed by atoms with Gasteiger partial charge in [0.1, 0.15) is 11.8 Å². The standard InChI is InChI=1S/C39H46N4O4/c1-3-4-5-6-7-22-47-36-20-18-31(19-21-36)34-24-41-37(42-25-34)32-10-8-28(9-11-32)23-35(26-40-27(2)39(45)46)43-38(44)33-16-14-30(15-17-33)29-12-13-29/h8-11,14-21,24-25,27,29,35,40H,3-7,12-13,22-23,26H2,1-2H3,(H,43,44)(H,45,46)/t27-,35+/m1/s1. The molecule has 4 aromatic rings. The Morgan fingerprint density at radius 2 is 1.51 bits per heavy atom. The number of carboxylic acid groups (broad SMARTS) is 1. The Hall–Kier alpha value is -4.56. The highest BCUT2D eigenvalue weighted by atomic mass is 16.5. The fraction of sp³-hybridized carbons (Fsp3) is 0.385. The number of carbonyl (C=O) groups is 2. The van der Waals surface area contributed by atoms with E-state index in [4.69, 9.17) is 4.74 Å². The second-order valence-corrected chi connectivity index (χ2v) is 12.5. The van der Waals surface area contributed by atoms with Crippen molar-refractivity contribution in [2.45, 2.75) is 83.2 Å².